The lowest BCUT2D eigenvalue weighted by molar-refractivity contribution is 0.0486. The van der Waals surface area contributed by atoms with Crippen LogP contribution < -0.4 is 10.1 Å². The maximum atomic E-state index is 12.0. The number of hydrogen-bond acceptors (Lipinski definition) is 7. The van der Waals surface area contributed by atoms with Gasteiger partial charge in [-0.3, -0.25) is 0 Å². The van der Waals surface area contributed by atoms with Crippen molar-refractivity contribution in [3.8, 4) is 5.75 Å². The van der Waals surface area contributed by atoms with E-state index in [4.69, 9.17) is 23.4 Å². The zero-order valence-electron chi connectivity index (χ0n) is 20.4. The summed E-state index contributed by atoms with van der Waals surface area (Å²) in [5, 5.41) is 2.75. The maximum absolute atomic E-state index is 12.0. The summed E-state index contributed by atoms with van der Waals surface area (Å²) in [7, 11) is -1.86. The Bertz CT molecular complexity index is 798. The second-order valence-electron chi connectivity index (χ2n) is 10.3. The minimum Gasteiger partial charge on any atom is -0.491 e. The van der Waals surface area contributed by atoms with Crippen LogP contribution in [0, 0.1) is 0 Å². The van der Waals surface area contributed by atoms with E-state index < -0.39 is 38.4 Å². The molecule has 1 aromatic rings. The molecule has 180 valence electrons. The van der Waals surface area contributed by atoms with Gasteiger partial charge in [-0.1, -0.05) is 39.0 Å². The van der Waals surface area contributed by atoms with Crippen LogP contribution in [0.1, 0.15) is 53.2 Å². The molecular formula is C23H37NO7Si. The number of hydrogen-bond donors (Lipinski definition) is 1. The molecule has 0 aromatic heterocycles. The van der Waals surface area contributed by atoms with E-state index in [9.17, 15) is 9.59 Å². The molecule has 0 bridgehead atoms. The molecule has 2 atom stereocenters. The third-order valence-corrected chi connectivity index (χ3v) is 10.0. The summed E-state index contributed by atoms with van der Waals surface area (Å²) < 4.78 is 28.0. The molecule has 1 aliphatic heterocycles. The topological polar surface area (TPSA) is 92.3 Å². The predicted octanol–water partition coefficient (Wildman–Crippen LogP) is 5.19. The van der Waals surface area contributed by atoms with Crippen molar-refractivity contribution in [3.05, 3.63) is 29.8 Å². The number of alkyl carbamates (subject to hydrolysis) is 1. The average molecular weight is 468 g/mol. The third-order valence-electron chi connectivity index (χ3n) is 5.49. The van der Waals surface area contributed by atoms with Gasteiger partial charge in [0.05, 0.1) is 13.2 Å². The first-order valence-corrected chi connectivity index (χ1v) is 13.8. The van der Waals surface area contributed by atoms with E-state index in [1.165, 1.54) is 0 Å². The molecule has 1 fully saturated rings. The molecule has 1 heterocycles. The summed E-state index contributed by atoms with van der Waals surface area (Å²) in [5.41, 5.74) is 0.0425. The van der Waals surface area contributed by atoms with Gasteiger partial charge in [0.1, 0.15) is 18.0 Å². The highest BCUT2D eigenvalue weighted by Gasteiger charge is 2.40. The van der Waals surface area contributed by atoms with Gasteiger partial charge in [-0.05, 0) is 45.0 Å². The first kappa shape index (κ1) is 26.0. The average Bonchev–Trinajstić information content (AvgIpc) is 3.02. The molecule has 8 nitrogen and oxygen atoms in total. The highest BCUT2D eigenvalue weighted by molar-refractivity contribution is 6.74. The van der Waals surface area contributed by atoms with Crippen LogP contribution in [0.3, 0.4) is 0 Å². The summed E-state index contributed by atoms with van der Waals surface area (Å²) in [5.74, 6) is 0.580. The standard InChI is InChI=1S/C23H37NO7Si/c1-22(2,3)31-20(25)24-15-18-19(30-21(26)29-18)16-11-9-10-12-17(16)27-13-14-28-32(7,8)23(4,5)6/h9-12,18-19H,13-15H2,1-8H3,(H,24,25)/t18-,19+/m1/s1. The molecule has 2 rings (SSSR count). The van der Waals surface area contributed by atoms with Crippen LogP contribution in [-0.2, 0) is 18.6 Å². The van der Waals surface area contributed by atoms with E-state index in [2.05, 4.69) is 39.2 Å². The van der Waals surface area contributed by atoms with E-state index >= 15 is 0 Å². The summed E-state index contributed by atoms with van der Waals surface area (Å²) in [6.07, 6.45) is -2.80. The molecule has 1 aromatic carbocycles. The quantitative estimate of drug-likeness (QED) is 0.319. The van der Waals surface area contributed by atoms with Crippen LogP contribution in [0.5, 0.6) is 5.75 Å². The number of amides is 1. The highest BCUT2D eigenvalue weighted by Crippen LogP contribution is 2.37. The minimum atomic E-state index is -1.86. The van der Waals surface area contributed by atoms with Gasteiger partial charge in [-0.25, -0.2) is 9.59 Å². The van der Waals surface area contributed by atoms with Crippen molar-refractivity contribution >= 4 is 20.6 Å². The Kier molecular flexibility index (Phi) is 8.22. The Hall–Kier alpha value is -2.26. The second-order valence-corrected chi connectivity index (χ2v) is 15.1. The monoisotopic (exact) mass is 467 g/mol. The number of para-hydroxylation sites is 1. The van der Waals surface area contributed by atoms with Crippen molar-refractivity contribution in [3.63, 3.8) is 0 Å². The van der Waals surface area contributed by atoms with Crippen LogP contribution in [0.2, 0.25) is 18.1 Å². The SMILES string of the molecule is CC(C)(C)OC(=O)NC[C@H]1OC(=O)O[C@H]1c1ccccc1OCCO[Si](C)(C)C(C)(C)C. The molecule has 1 aliphatic rings. The lowest BCUT2D eigenvalue weighted by Gasteiger charge is -2.36. The highest BCUT2D eigenvalue weighted by atomic mass is 28.4. The number of rotatable bonds is 8. The molecular weight excluding hydrogens is 430 g/mol. The van der Waals surface area contributed by atoms with Crippen molar-refractivity contribution in [2.75, 3.05) is 19.8 Å². The van der Waals surface area contributed by atoms with Crippen LogP contribution in [0.25, 0.3) is 0 Å². The number of carbonyl (C=O) groups excluding carboxylic acids is 2. The lowest BCUT2D eigenvalue weighted by Crippen LogP contribution is -2.41. The van der Waals surface area contributed by atoms with Crippen molar-refractivity contribution < 1.29 is 33.0 Å². The van der Waals surface area contributed by atoms with E-state index in [0.29, 0.717) is 24.5 Å². The molecule has 1 N–H and O–H groups in total. The molecule has 0 saturated carbocycles. The third kappa shape index (κ3) is 7.41. The Morgan fingerprint density at radius 1 is 1.06 bits per heavy atom. The van der Waals surface area contributed by atoms with Crippen molar-refractivity contribution in [2.45, 2.75) is 77.5 Å². The molecule has 0 radical (unpaired) electrons. The predicted molar refractivity (Wildman–Crippen MR) is 123 cm³/mol. The summed E-state index contributed by atoms with van der Waals surface area (Å²) in [6.45, 7) is 17.2. The van der Waals surface area contributed by atoms with Gasteiger partial charge in [-0.15, -0.1) is 0 Å². The molecule has 1 amide bonds. The van der Waals surface area contributed by atoms with E-state index in [0.717, 1.165) is 0 Å². The number of carbonyl (C=O) groups is 2. The molecule has 9 heteroatoms. The lowest BCUT2D eigenvalue weighted by atomic mass is 10.0. The first-order chi connectivity index (χ1) is 14.7. The van der Waals surface area contributed by atoms with Crippen molar-refractivity contribution in [1.29, 1.82) is 0 Å². The van der Waals surface area contributed by atoms with Gasteiger partial charge in [0.25, 0.3) is 0 Å². The number of nitrogens with one attached hydrogen (secondary N) is 1. The maximum Gasteiger partial charge on any atom is 0.509 e. The molecule has 1 saturated heterocycles. The van der Waals surface area contributed by atoms with Crippen LogP contribution >= 0.6 is 0 Å². The Labute approximate surface area is 192 Å². The fourth-order valence-corrected chi connectivity index (χ4v) is 3.84. The minimum absolute atomic E-state index is 0.0497. The first-order valence-electron chi connectivity index (χ1n) is 10.9. The number of ether oxygens (including phenoxy) is 4. The van der Waals surface area contributed by atoms with E-state index in [1.54, 1.807) is 20.8 Å². The van der Waals surface area contributed by atoms with E-state index in [1.807, 2.05) is 24.3 Å². The largest absolute Gasteiger partial charge is 0.509 e. The van der Waals surface area contributed by atoms with Gasteiger partial charge in [-0.2, -0.15) is 0 Å². The zero-order valence-corrected chi connectivity index (χ0v) is 21.4. The number of cyclic esters (lactones) is 2. The molecule has 0 unspecified atom stereocenters. The second kappa shape index (κ2) is 10.1. The van der Waals surface area contributed by atoms with Gasteiger partial charge < -0.3 is 28.7 Å². The summed E-state index contributed by atoms with van der Waals surface area (Å²) in [4.78, 5) is 23.8. The van der Waals surface area contributed by atoms with Gasteiger partial charge >= 0.3 is 12.2 Å². The van der Waals surface area contributed by atoms with E-state index in [-0.39, 0.29) is 11.6 Å². The zero-order chi connectivity index (χ0) is 24.2. The van der Waals surface area contributed by atoms with Gasteiger partial charge in [0, 0.05) is 5.56 Å². The Morgan fingerprint density at radius 3 is 2.34 bits per heavy atom. The summed E-state index contributed by atoms with van der Waals surface area (Å²) >= 11 is 0. The normalized spacial score (nSPS) is 19.2. The van der Waals surface area contributed by atoms with Gasteiger partial charge in [0.15, 0.2) is 20.5 Å². The summed E-state index contributed by atoms with van der Waals surface area (Å²) in [6, 6.07) is 7.31. The Balaban J connectivity index is 2.01. The smallest absolute Gasteiger partial charge is 0.491 e. The van der Waals surface area contributed by atoms with Crippen LogP contribution in [0.15, 0.2) is 24.3 Å². The number of benzene rings is 1. The fourth-order valence-electron chi connectivity index (χ4n) is 2.82. The van der Waals surface area contributed by atoms with Crippen LogP contribution in [0.4, 0.5) is 9.59 Å². The molecule has 0 spiro atoms. The Morgan fingerprint density at radius 2 is 1.72 bits per heavy atom. The molecule has 32 heavy (non-hydrogen) atoms. The van der Waals surface area contributed by atoms with Crippen LogP contribution in [-0.4, -0.2) is 52.0 Å². The molecule has 0 aliphatic carbocycles. The van der Waals surface area contributed by atoms with Crippen molar-refractivity contribution in [2.24, 2.45) is 0 Å². The van der Waals surface area contributed by atoms with Crippen molar-refractivity contribution in [1.82, 2.24) is 5.32 Å². The fraction of sp³-hybridized carbons (Fsp3) is 0.652. The van der Waals surface area contributed by atoms with Gasteiger partial charge in [0.2, 0.25) is 0 Å².